The van der Waals surface area contributed by atoms with Gasteiger partial charge < -0.3 is 14.7 Å². The molecule has 2 amide bonds. The van der Waals surface area contributed by atoms with E-state index < -0.39 is 21.7 Å². The van der Waals surface area contributed by atoms with E-state index in [4.69, 9.17) is 34.8 Å². The molecule has 2 aliphatic heterocycles. The van der Waals surface area contributed by atoms with Crippen LogP contribution in [0.4, 0.5) is 14.5 Å². The third-order valence-electron chi connectivity index (χ3n) is 9.16. The molecule has 0 bridgehead atoms. The molecule has 2 saturated heterocycles. The van der Waals surface area contributed by atoms with Crippen molar-refractivity contribution in [3.8, 4) is 0 Å². The minimum absolute atomic E-state index is 0.0116. The maximum atomic E-state index is 13.8. The molecule has 2 unspecified atom stereocenters. The maximum Gasteiger partial charge on any atom is 0.256 e. The van der Waals surface area contributed by atoms with E-state index in [0.717, 1.165) is 31.5 Å². The molecule has 0 spiro atoms. The van der Waals surface area contributed by atoms with Crippen molar-refractivity contribution < 1.29 is 26.8 Å². The van der Waals surface area contributed by atoms with Crippen LogP contribution >= 0.6 is 34.8 Å². The lowest BCUT2D eigenvalue weighted by atomic mass is 9.85. The van der Waals surface area contributed by atoms with Gasteiger partial charge in [-0.25, -0.2) is 17.2 Å². The Labute approximate surface area is 272 Å². The van der Waals surface area contributed by atoms with Crippen LogP contribution in [0, 0.1) is 24.7 Å². The van der Waals surface area contributed by atoms with Crippen LogP contribution in [0.15, 0.2) is 35.2 Å². The van der Waals surface area contributed by atoms with Gasteiger partial charge >= 0.3 is 0 Å². The van der Waals surface area contributed by atoms with E-state index >= 15 is 0 Å². The lowest BCUT2D eigenvalue weighted by molar-refractivity contribution is -0.126. The highest BCUT2D eigenvalue weighted by Crippen LogP contribution is 2.38. The molecule has 2 heterocycles. The van der Waals surface area contributed by atoms with E-state index in [1.165, 1.54) is 12.1 Å². The Morgan fingerprint density at radius 1 is 0.955 bits per heavy atom. The number of carbonyl (C=O) groups is 2. The van der Waals surface area contributed by atoms with Gasteiger partial charge in [-0.1, -0.05) is 40.9 Å². The molecule has 2 aromatic rings. The van der Waals surface area contributed by atoms with E-state index in [1.54, 1.807) is 15.9 Å². The van der Waals surface area contributed by atoms with Crippen molar-refractivity contribution in [2.24, 2.45) is 17.8 Å². The average molecular weight is 691 g/mol. The molecule has 0 radical (unpaired) electrons. The number of nitrogens with zero attached hydrogens (tertiary/aromatic N) is 3. The Balaban J connectivity index is 1.18. The normalized spacial score (nSPS) is 22.3. The second-order valence-corrected chi connectivity index (χ2v) is 15.7. The monoisotopic (exact) mass is 689 g/mol. The summed E-state index contributed by atoms with van der Waals surface area (Å²) in [6.07, 6.45) is 1.55. The van der Waals surface area contributed by atoms with Gasteiger partial charge in [0, 0.05) is 68.4 Å². The number of sulfone groups is 1. The highest BCUT2D eigenvalue weighted by atomic mass is 35.5. The molecule has 1 aliphatic carbocycles. The lowest BCUT2D eigenvalue weighted by Crippen LogP contribution is -2.41. The second kappa shape index (κ2) is 13.0. The molecule has 3 aliphatic rings. The van der Waals surface area contributed by atoms with Crippen LogP contribution < -0.4 is 4.90 Å². The number of anilines is 1. The fourth-order valence-electron chi connectivity index (χ4n) is 6.64. The number of hydrogen-bond acceptors (Lipinski definition) is 5. The Hall–Kier alpha value is -1.98. The highest BCUT2D eigenvalue weighted by Gasteiger charge is 2.43. The summed E-state index contributed by atoms with van der Waals surface area (Å²) in [7, 11) is -3.53. The molecule has 0 N–H and O–H groups in total. The summed E-state index contributed by atoms with van der Waals surface area (Å²) in [5.74, 6) is -3.05. The van der Waals surface area contributed by atoms with Gasteiger partial charge in [-0.15, -0.1) is 0 Å². The molecule has 0 aromatic heterocycles. The largest absolute Gasteiger partial charge is 0.338 e. The van der Waals surface area contributed by atoms with Gasteiger partial charge in [-0.3, -0.25) is 9.59 Å². The van der Waals surface area contributed by atoms with Crippen LogP contribution in [0.2, 0.25) is 15.1 Å². The number of aryl methyl sites for hydroxylation is 1. The van der Waals surface area contributed by atoms with Crippen molar-refractivity contribution >= 4 is 62.1 Å². The van der Waals surface area contributed by atoms with Crippen molar-refractivity contribution in [2.75, 3.05) is 50.4 Å². The summed E-state index contributed by atoms with van der Waals surface area (Å²) in [6, 6.07) is 8.01. The summed E-state index contributed by atoms with van der Waals surface area (Å²) in [6.45, 7) is 5.76. The molecule has 240 valence electrons. The predicted octanol–water partition coefficient (Wildman–Crippen LogP) is 6.61. The van der Waals surface area contributed by atoms with Crippen molar-refractivity contribution in [2.45, 2.75) is 49.8 Å². The fourth-order valence-corrected chi connectivity index (χ4v) is 8.26. The molecule has 5 rings (SSSR count). The van der Waals surface area contributed by atoms with Gasteiger partial charge in [0.15, 0.2) is 9.84 Å². The standard InChI is InChI=1S/C31H36Cl3F2N3O4S/c1-19-4-5-23(12-25(19)32)39(29(40)20-6-8-31(35,36)9-7-20)11-3-10-37-15-21-17-38(18-22(21)16-37)30(41)28-26(33)13-24(14-27(28)34)44(2,42)43/h4-5,12-14,20-22H,3,6-11,15-18H2,1-2H3. The molecular formula is C31H36Cl3F2N3O4S. The number of rotatable bonds is 8. The molecule has 44 heavy (non-hydrogen) atoms. The van der Waals surface area contributed by atoms with Gasteiger partial charge in [0.25, 0.3) is 5.91 Å². The lowest BCUT2D eigenvalue weighted by Gasteiger charge is -2.32. The van der Waals surface area contributed by atoms with Gasteiger partial charge in [0.2, 0.25) is 11.8 Å². The topological polar surface area (TPSA) is 78.0 Å². The summed E-state index contributed by atoms with van der Waals surface area (Å²) in [4.78, 5) is 32.6. The van der Waals surface area contributed by atoms with E-state index in [1.807, 2.05) is 19.1 Å². The first-order chi connectivity index (χ1) is 20.6. The maximum absolute atomic E-state index is 13.8. The van der Waals surface area contributed by atoms with Gasteiger partial charge in [0.05, 0.1) is 20.5 Å². The fraction of sp³-hybridized carbons (Fsp3) is 0.548. The SMILES string of the molecule is Cc1ccc(N(CCCN2CC3CN(C(=O)c4c(Cl)cc(S(C)(=O)=O)cc4Cl)CC3C2)C(=O)C2CCC(F)(F)CC2)cc1Cl. The number of benzene rings is 2. The number of carbonyl (C=O) groups excluding carboxylic acids is 2. The number of hydrogen-bond donors (Lipinski definition) is 0. The van der Waals surface area contributed by atoms with E-state index in [-0.39, 0.29) is 69.8 Å². The van der Waals surface area contributed by atoms with Crippen molar-refractivity contribution in [1.29, 1.82) is 0 Å². The smallest absolute Gasteiger partial charge is 0.256 e. The van der Waals surface area contributed by atoms with Crippen molar-refractivity contribution in [3.05, 3.63) is 56.5 Å². The quantitative estimate of drug-likeness (QED) is 0.312. The van der Waals surface area contributed by atoms with Crippen LogP contribution in [0.25, 0.3) is 0 Å². The summed E-state index contributed by atoms with van der Waals surface area (Å²) in [5, 5.41) is 0.575. The number of likely N-dealkylation sites (tertiary alicyclic amines) is 2. The Morgan fingerprint density at radius 2 is 1.55 bits per heavy atom. The summed E-state index contributed by atoms with van der Waals surface area (Å²) < 4.78 is 51.4. The van der Waals surface area contributed by atoms with Gasteiger partial charge in [-0.05, 0) is 74.4 Å². The van der Waals surface area contributed by atoms with Crippen LogP contribution in [-0.4, -0.2) is 81.5 Å². The third-order valence-corrected chi connectivity index (χ3v) is 11.3. The van der Waals surface area contributed by atoms with Crippen LogP contribution in [-0.2, 0) is 14.6 Å². The Morgan fingerprint density at radius 3 is 2.09 bits per heavy atom. The molecule has 7 nitrogen and oxygen atoms in total. The molecule has 3 fully saturated rings. The molecule has 2 atom stereocenters. The number of halogens is 5. The van der Waals surface area contributed by atoms with E-state index in [0.29, 0.717) is 36.8 Å². The van der Waals surface area contributed by atoms with Gasteiger partial charge in [-0.2, -0.15) is 0 Å². The second-order valence-electron chi connectivity index (χ2n) is 12.4. The Kier molecular flexibility index (Phi) is 9.88. The van der Waals surface area contributed by atoms with E-state index in [9.17, 15) is 26.8 Å². The molecule has 1 saturated carbocycles. The van der Waals surface area contributed by atoms with Crippen molar-refractivity contribution in [1.82, 2.24) is 9.80 Å². The minimum Gasteiger partial charge on any atom is -0.338 e. The number of fused-ring (bicyclic) bond motifs is 1. The first kappa shape index (κ1) is 33.4. The highest BCUT2D eigenvalue weighted by molar-refractivity contribution is 7.90. The van der Waals surface area contributed by atoms with E-state index in [2.05, 4.69) is 4.90 Å². The summed E-state index contributed by atoms with van der Waals surface area (Å²) >= 11 is 19.0. The van der Waals surface area contributed by atoms with Crippen molar-refractivity contribution in [3.63, 3.8) is 0 Å². The number of amides is 2. The minimum atomic E-state index is -3.53. The first-order valence-electron chi connectivity index (χ1n) is 14.8. The summed E-state index contributed by atoms with van der Waals surface area (Å²) in [5.41, 5.74) is 1.68. The van der Waals surface area contributed by atoms with Crippen LogP contribution in [0.3, 0.4) is 0 Å². The third kappa shape index (κ3) is 7.35. The van der Waals surface area contributed by atoms with Crippen LogP contribution in [0.1, 0.15) is 48.0 Å². The first-order valence-corrected chi connectivity index (χ1v) is 17.8. The molecular weight excluding hydrogens is 655 g/mol. The number of alkyl halides is 2. The molecule has 13 heteroatoms. The zero-order chi connectivity index (χ0) is 32.0. The van der Waals surface area contributed by atoms with Gasteiger partial charge in [0.1, 0.15) is 0 Å². The molecule has 2 aromatic carbocycles. The average Bonchev–Trinajstić information content (AvgIpc) is 3.51. The predicted molar refractivity (Wildman–Crippen MR) is 169 cm³/mol. The Bertz CT molecular complexity index is 1510. The zero-order valence-electron chi connectivity index (χ0n) is 24.7. The van der Waals surface area contributed by atoms with Crippen LogP contribution in [0.5, 0.6) is 0 Å². The zero-order valence-corrected chi connectivity index (χ0v) is 27.8.